The maximum Gasteiger partial charge on any atom is 0.326 e. The fraction of sp³-hybridized carbons (Fsp3) is 0.490. The standard InChI is InChI=1S/C36H56N12O10.C9H9N.C4H11N3/c1-20-30(52)47-26(35(57)58)12-13-28(50)40-16-6-10-23(44-29(51)19-42-21(2)49)32(54)46-25(14-15-37)33(55)48-27(18-22-8-4-3-5-9-22)34(56)45-24(31(53)43-20)11-7-17-41-36(38)39;1-7-6-10-9-5-3-2-4-8(7)9;1-2-3-7-4(5)6/h3-5,8-9,20,23-27H,6-7,10-19,37H2,1-2H3,(H,40,50)(H,42,49)(H,43,53)(H,44,51)(H,45,56)(H,46,54)(H,47,52)(H,48,55)(H,57,58)(H4,38,39,41);2-6,10H,1H3;2-3H2,1H3,(H4,5,6,7)/t20-,23?,24?,25-,26?,27?;;/m0../s1. The van der Waals surface area contributed by atoms with Crippen molar-refractivity contribution >= 4 is 76.0 Å². The molecule has 1 aliphatic heterocycles. The molecule has 0 spiro atoms. The molecule has 0 aliphatic carbocycles. The lowest BCUT2D eigenvalue weighted by Crippen LogP contribution is -2.60. The normalized spacial score (nSPS) is 20.2. The number of hydrogen-bond donors (Lipinski definition) is 15. The molecule has 2 heterocycles. The lowest BCUT2D eigenvalue weighted by molar-refractivity contribution is -0.142. The van der Waals surface area contributed by atoms with Crippen LogP contribution >= 0.6 is 0 Å². The van der Waals surface area contributed by atoms with Gasteiger partial charge in [0.1, 0.15) is 36.3 Å². The van der Waals surface area contributed by atoms with Crippen LogP contribution in [0.15, 0.2) is 70.8 Å². The Balaban J connectivity index is 0.000000944. The van der Waals surface area contributed by atoms with E-state index in [1.54, 1.807) is 30.3 Å². The predicted molar refractivity (Wildman–Crippen MR) is 283 cm³/mol. The number of nitrogens with one attached hydrogen (secondary N) is 9. The fourth-order valence-corrected chi connectivity index (χ4v) is 7.09. The molecule has 26 heteroatoms. The second-order valence-corrected chi connectivity index (χ2v) is 17.4. The molecule has 6 atom stereocenters. The van der Waals surface area contributed by atoms with E-state index in [-0.39, 0.29) is 82.9 Å². The number of aliphatic imine (C=N–C) groups is 2. The van der Waals surface area contributed by atoms with Crippen molar-refractivity contribution in [2.45, 2.75) is 122 Å². The molecule has 0 saturated carbocycles. The van der Waals surface area contributed by atoms with Gasteiger partial charge in [0.05, 0.1) is 6.54 Å². The number of guanidine groups is 2. The molecule has 3 aromatic rings. The minimum atomic E-state index is -1.51. The highest BCUT2D eigenvalue weighted by molar-refractivity contribution is 5.97. The van der Waals surface area contributed by atoms with Gasteiger partial charge in [-0.1, -0.05) is 55.5 Å². The first-order valence-electron chi connectivity index (χ1n) is 24.6. The zero-order valence-electron chi connectivity index (χ0n) is 43.0. The molecular weight excluding hydrogens is 973 g/mol. The number of nitrogens with zero attached hydrogens (tertiary/aromatic N) is 2. The van der Waals surface area contributed by atoms with E-state index in [2.05, 4.69) is 82.6 Å². The fourth-order valence-electron chi connectivity index (χ4n) is 7.09. The maximum absolute atomic E-state index is 14.0. The van der Waals surface area contributed by atoms with Crippen LogP contribution in [0.2, 0.25) is 0 Å². The van der Waals surface area contributed by atoms with E-state index in [1.807, 2.05) is 19.2 Å². The van der Waals surface area contributed by atoms with Crippen LogP contribution in [0, 0.1) is 6.92 Å². The number of rotatable bonds is 14. The Labute approximate surface area is 435 Å². The van der Waals surface area contributed by atoms with E-state index in [0.717, 1.165) is 13.0 Å². The van der Waals surface area contributed by atoms with Crippen molar-refractivity contribution in [3.05, 3.63) is 71.9 Å². The summed E-state index contributed by atoms with van der Waals surface area (Å²) in [5, 5.41) is 31.1. The number of H-pyrrole nitrogens is 1. The number of aromatic amines is 1. The first-order valence-corrected chi connectivity index (χ1v) is 24.6. The molecule has 20 N–H and O–H groups in total. The topological polar surface area (TPSA) is 441 Å². The number of amides is 8. The lowest BCUT2D eigenvalue weighted by Gasteiger charge is -2.27. The minimum Gasteiger partial charge on any atom is -0.480 e. The summed E-state index contributed by atoms with van der Waals surface area (Å²) in [4.78, 5) is 128. The molecule has 1 aromatic heterocycles. The highest BCUT2D eigenvalue weighted by Gasteiger charge is 2.33. The molecule has 0 bridgehead atoms. The molecule has 1 aliphatic rings. The molecule has 2 aromatic carbocycles. The average molecular weight is 1050 g/mol. The van der Waals surface area contributed by atoms with Crippen molar-refractivity contribution in [3.63, 3.8) is 0 Å². The van der Waals surface area contributed by atoms with Crippen molar-refractivity contribution in [3.8, 4) is 0 Å². The number of para-hydroxylation sites is 1. The molecule has 1 fully saturated rings. The molecule has 26 nitrogen and oxygen atoms in total. The van der Waals surface area contributed by atoms with E-state index >= 15 is 0 Å². The lowest BCUT2D eigenvalue weighted by atomic mass is 10.0. The quantitative estimate of drug-likeness (QED) is 0.0455. The number of carbonyl (C=O) groups excluding carboxylic acids is 8. The van der Waals surface area contributed by atoms with Crippen LogP contribution in [0.25, 0.3) is 10.9 Å². The number of aliphatic carboxylic acids is 1. The molecule has 1 saturated heterocycles. The summed E-state index contributed by atoms with van der Waals surface area (Å²) in [6, 6.07) is 8.92. The van der Waals surface area contributed by atoms with Crippen LogP contribution in [-0.2, 0) is 49.6 Å². The van der Waals surface area contributed by atoms with Crippen molar-refractivity contribution in [2.75, 3.05) is 32.7 Å². The monoisotopic (exact) mass is 1050 g/mol. The van der Waals surface area contributed by atoms with Gasteiger partial charge in [0.25, 0.3) is 0 Å². The van der Waals surface area contributed by atoms with Crippen molar-refractivity contribution in [1.82, 2.24) is 47.5 Å². The number of hydrogen-bond acceptors (Lipinski definition) is 12. The summed E-state index contributed by atoms with van der Waals surface area (Å²) >= 11 is 0. The summed E-state index contributed by atoms with van der Waals surface area (Å²) in [6.07, 6.45) is 2.46. The second-order valence-electron chi connectivity index (χ2n) is 17.4. The van der Waals surface area contributed by atoms with Gasteiger partial charge in [-0.3, -0.25) is 48.3 Å². The molecule has 4 unspecified atom stereocenters. The number of carboxylic acids is 1. The van der Waals surface area contributed by atoms with Gasteiger partial charge < -0.3 is 81.3 Å². The van der Waals surface area contributed by atoms with Crippen molar-refractivity contribution in [2.24, 2.45) is 38.7 Å². The van der Waals surface area contributed by atoms with Crippen LogP contribution in [0.3, 0.4) is 0 Å². The molecule has 8 amide bonds. The van der Waals surface area contributed by atoms with Crippen molar-refractivity contribution < 1.29 is 48.3 Å². The molecule has 0 radical (unpaired) electrons. The van der Waals surface area contributed by atoms with Gasteiger partial charge in [-0.05, 0) is 82.5 Å². The third-order valence-corrected chi connectivity index (χ3v) is 11.1. The van der Waals surface area contributed by atoms with Gasteiger partial charge in [0.2, 0.25) is 47.3 Å². The Hall–Kier alpha value is -8.29. The average Bonchev–Trinajstić information content (AvgIpc) is 3.75. The number of benzene rings is 2. The predicted octanol–water partition coefficient (Wildman–Crippen LogP) is -2.38. The van der Waals surface area contributed by atoms with Gasteiger partial charge in [-0.2, -0.15) is 0 Å². The van der Waals surface area contributed by atoms with E-state index in [4.69, 9.17) is 28.7 Å². The zero-order chi connectivity index (χ0) is 55.9. The second kappa shape index (κ2) is 34.2. The first kappa shape index (κ1) is 62.8. The Morgan fingerprint density at radius 1 is 0.747 bits per heavy atom. The van der Waals surface area contributed by atoms with E-state index in [1.165, 1.54) is 30.3 Å². The first-order chi connectivity index (χ1) is 35.6. The number of carbonyl (C=O) groups is 9. The highest BCUT2D eigenvalue weighted by Crippen LogP contribution is 2.15. The number of carboxylic acid groups (broad SMARTS) is 1. The Kier molecular flexibility index (Phi) is 28.6. The van der Waals surface area contributed by atoms with Gasteiger partial charge in [0.15, 0.2) is 11.9 Å². The number of fused-ring (bicyclic) bond motifs is 1. The van der Waals surface area contributed by atoms with Crippen LogP contribution in [0.1, 0.15) is 83.3 Å². The smallest absolute Gasteiger partial charge is 0.326 e. The summed E-state index contributed by atoms with van der Waals surface area (Å²) in [5.41, 5.74) is 29.8. The Morgan fingerprint density at radius 3 is 1.96 bits per heavy atom. The Bertz CT molecular complexity index is 2410. The molecule has 75 heavy (non-hydrogen) atoms. The van der Waals surface area contributed by atoms with Gasteiger partial charge >= 0.3 is 5.97 Å². The molecular formula is C49H76N16O10. The van der Waals surface area contributed by atoms with Gasteiger partial charge in [-0.15, -0.1) is 0 Å². The molecule has 4 rings (SSSR count). The number of aryl methyl sites for hydroxylation is 1. The summed E-state index contributed by atoms with van der Waals surface area (Å²) < 4.78 is 0. The van der Waals surface area contributed by atoms with Crippen molar-refractivity contribution in [1.29, 1.82) is 0 Å². The van der Waals surface area contributed by atoms with Crippen LogP contribution < -0.4 is 71.2 Å². The van der Waals surface area contributed by atoms with Gasteiger partial charge in [-0.25, -0.2) is 4.79 Å². The van der Waals surface area contributed by atoms with E-state index < -0.39 is 96.0 Å². The number of aromatic nitrogens is 1. The Morgan fingerprint density at radius 2 is 1.35 bits per heavy atom. The summed E-state index contributed by atoms with van der Waals surface area (Å²) in [6.45, 7) is 6.91. The third-order valence-electron chi connectivity index (χ3n) is 11.1. The summed E-state index contributed by atoms with van der Waals surface area (Å²) in [7, 11) is 0. The van der Waals surface area contributed by atoms with Gasteiger partial charge in [0, 0.05) is 56.5 Å². The number of nitrogens with two attached hydrogens (primary N) is 5. The van der Waals surface area contributed by atoms with E-state index in [0.29, 0.717) is 5.56 Å². The van der Waals surface area contributed by atoms with Crippen LogP contribution in [-0.4, -0.2) is 144 Å². The largest absolute Gasteiger partial charge is 0.480 e. The molecule has 412 valence electrons. The van der Waals surface area contributed by atoms with Crippen LogP contribution in [0.5, 0.6) is 0 Å². The zero-order valence-corrected chi connectivity index (χ0v) is 43.0. The van der Waals surface area contributed by atoms with E-state index in [9.17, 15) is 48.3 Å². The van der Waals surface area contributed by atoms with Crippen LogP contribution in [0.4, 0.5) is 0 Å². The summed E-state index contributed by atoms with van der Waals surface area (Å²) in [5.74, 6) is -7.36. The highest BCUT2D eigenvalue weighted by atomic mass is 16.4. The third kappa shape index (κ3) is 25.3. The minimum absolute atomic E-state index is 0.00649. The maximum atomic E-state index is 14.0. The SMILES string of the molecule is CC(=O)NCC(=O)NC1CCCNC(=O)CCC(C(=O)O)NC(=O)[C@H](C)NC(=O)C(CCCN=C(N)N)NC(=O)C(Cc2ccccc2)NC(=O)[C@H](CCN)NC1=O.CCCN=C(N)N.Cc1c[nH]c2ccccc12.